The summed E-state index contributed by atoms with van der Waals surface area (Å²) in [5.41, 5.74) is 5.88. The molecule has 2 heterocycles. The number of thiophene rings is 1. The number of nitrogens with zero attached hydrogens (tertiary/aromatic N) is 1. The SMILES string of the molecule is CC1(C)CN(S(=O)(=O)c2csc3ccc(Cl)cc23)CCC1N.Cl. The zero-order valence-corrected chi connectivity index (χ0v) is 16.2. The predicted molar refractivity (Wildman–Crippen MR) is 99.2 cm³/mol. The Morgan fingerprint density at radius 3 is 2.74 bits per heavy atom. The molecule has 0 amide bonds. The van der Waals surface area contributed by atoms with Gasteiger partial charge in [-0.3, -0.25) is 0 Å². The topological polar surface area (TPSA) is 63.4 Å². The molecule has 8 heteroatoms. The Balaban J connectivity index is 0.00000192. The second-order valence-corrected chi connectivity index (χ2v) is 9.72. The van der Waals surface area contributed by atoms with Crippen molar-refractivity contribution in [3.63, 3.8) is 0 Å². The Kier molecular flexibility index (Phi) is 5.36. The zero-order chi connectivity index (χ0) is 16.1. The van der Waals surface area contributed by atoms with E-state index in [0.29, 0.717) is 34.8 Å². The summed E-state index contributed by atoms with van der Waals surface area (Å²) in [7, 11) is -3.53. The summed E-state index contributed by atoms with van der Waals surface area (Å²) in [5, 5.41) is 2.95. The molecule has 0 saturated carbocycles. The number of piperidine rings is 1. The fourth-order valence-corrected chi connectivity index (χ4v) is 6.09. The molecule has 0 radical (unpaired) electrons. The second-order valence-electron chi connectivity index (χ2n) is 6.46. The van der Waals surface area contributed by atoms with E-state index in [1.165, 1.54) is 11.3 Å². The van der Waals surface area contributed by atoms with Crippen molar-refractivity contribution in [3.8, 4) is 0 Å². The zero-order valence-electron chi connectivity index (χ0n) is 13.0. The van der Waals surface area contributed by atoms with Crippen LogP contribution >= 0.6 is 35.3 Å². The minimum atomic E-state index is -3.53. The second kappa shape index (κ2) is 6.50. The van der Waals surface area contributed by atoms with Gasteiger partial charge in [0.1, 0.15) is 4.90 Å². The van der Waals surface area contributed by atoms with Gasteiger partial charge in [-0.1, -0.05) is 25.4 Å². The van der Waals surface area contributed by atoms with Gasteiger partial charge in [0.15, 0.2) is 0 Å². The van der Waals surface area contributed by atoms with Crippen molar-refractivity contribution in [2.24, 2.45) is 11.1 Å². The summed E-state index contributed by atoms with van der Waals surface area (Å²) in [5.74, 6) is 0. The molecule has 23 heavy (non-hydrogen) atoms. The van der Waals surface area contributed by atoms with Crippen molar-refractivity contribution in [1.29, 1.82) is 0 Å². The van der Waals surface area contributed by atoms with Gasteiger partial charge in [0, 0.05) is 39.6 Å². The van der Waals surface area contributed by atoms with Gasteiger partial charge < -0.3 is 5.73 Å². The van der Waals surface area contributed by atoms with Crippen LogP contribution in [0.15, 0.2) is 28.5 Å². The summed E-state index contributed by atoms with van der Waals surface area (Å²) in [6.07, 6.45) is 0.676. The molecule has 1 unspecified atom stereocenters. The third-order valence-corrected chi connectivity index (χ3v) is 7.63. The Bertz CT molecular complexity index is 818. The van der Waals surface area contributed by atoms with E-state index in [9.17, 15) is 8.42 Å². The third-order valence-electron chi connectivity index (χ3n) is 4.39. The minimum absolute atomic E-state index is 0. The molecule has 1 fully saturated rings. The number of nitrogens with two attached hydrogens (primary N) is 1. The van der Waals surface area contributed by atoms with Crippen LogP contribution in [0.1, 0.15) is 20.3 Å². The van der Waals surface area contributed by atoms with E-state index in [4.69, 9.17) is 17.3 Å². The fourth-order valence-electron chi connectivity index (χ4n) is 2.85. The van der Waals surface area contributed by atoms with E-state index in [0.717, 1.165) is 4.70 Å². The van der Waals surface area contributed by atoms with Gasteiger partial charge in [-0.2, -0.15) is 4.31 Å². The molecule has 1 aromatic carbocycles. The van der Waals surface area contributed by atoms with Gasteiger partial charge in [-0.25, -0.2) is 8.42 Å². The molecule has 128 valence electrons. The molecule has 2 aromatic rings. The van der Waals surface area contributed by atoms with E-state index in [2.05, 4.69) is 0 Å². The van der Waals surface area contributed by atoms with Crippen LogP contribution in [0.3, 0.4) is 0 Å². The molecular formula is C15H20Cl2N2O2S2. The Morgan fingerprint density at radius 2 is 2.09 bits per heavy atom. The van der Waals surface area contributed by atoms with Crippen molar-refractivity contribution in [2.75, 3.05) is 13.1 Å². The van der Waals surface area contributed by atoms with Gasteiger partial charge in [0.25, 0.3) is 0 Å². The minimum Gasteiger partial charge on any atom is -0.327 e. The summed E-state index contributed by atoms with van der Waals surface area (Å²) >= 11 is 7.45. The number of hydrogen-bond donors (Lipinski definition) is 1. The quantitative estimate of drug-likeness (QED) is 0.843. The number of rotatable bonds is 2. The largest absolute Gasteiger partial charge is 0.327 e. The first-order chi connectivity index (χ1) is 10.2. The van der Waals surface area contributed by atoms with Gasteiger partial charge in [0.2, 0.25) is 10.0 Å². The van der Waals surface area contributed by atoms with Gasteiger partial charge in [-0.15, -0.1) is 23.7 Å². The summed E-state index contributed by atoms with van der Waals surface area (Å²) in [4.78, 5) is 0.348. The number of hydrogen-bond acceptors (Lipinski definition) is 4. The normalized spacial score (nSPS) is 22.0. The van der Waals surface area contributed by atoms with E-state index in [-0.39, 0.29) is 23.9 Å². The van der Waals surface area contributed by atoms with Crippen LogP contribution in [-0.2, 0) is 10.0 Å². The van der Waals surface area contributed by atoms with Crippen LogP contribution in [0.25, 0.3) is 10.1 Å². The highest BCUT2D eigenvalue weighted by Gasteiger charge is 2.39. The van der Waals surface area contributed by atoms with Crippen LogP contribution in [0, 0.1) is 5.41 Å². The van der Waals surface area contributed by atoms with Crippen LogP contribution in [-0.4, -0.2) is 31.9 Å². The highest BCUT2D eigenvalue weighted by Crippen LogP contribution is 2.36. The van der Waals surface area contributed by atoms with E-state index in [1.54, 1.807) is 21.8 Å². The molecule has 0 aliphatic carbocycles. The lowest BCUT2D eigenvalue weighted by Gasteiger charge is -2.41. The van der Waals surface area contributed by atoms with Gasteiger partial charge in [0.05, 0.1) is 0 Å². The van der Waals surface area contributed by atoms with Crippen molar-refractivity contribution >= 4 is 55.5 Å². The van der Waals surface area contributed by atoms with E-state index >= 15 is 0 Å². The third kappa shape index (κ3) is 3.38. The van der Waals surface area contributed by atoms with Crippen LogP contribution in [0.5, 0.6) is 0 Å². The molecule has 1 aliphatic rings. The van der Waals surface area contributed by atoms with Gasteiger partial charge in [-0.05, 0) is 30.0 Å². The van der Waals surface area contributed by atoms with Gasteiger partial charge >= 0.3 is 0 Å². The Morgan fingerprint density at radius 1 is 1.39 bits per heavy atom. The van der Waals surface area contributed by atoms with E-state index in [1.807, 2.05) is 19.9 Å². The van der Waals surface area contributed by atoms with E-state index < -0.39 is 10.0 Å². The molecule has 1 atom stereocenters. The first-order valence-corrected chi connectivity index (χ1v) is 9.84. The summed E-state index contributed by atoms with van der Waals surface area (Å²) in [6, 6.07) is 5.38. The number of fused-ring (bicyclic) bond motifs is 1. The molecule has 1 aromatic heterocycles. The summed E-state index contributed by atoms with van der Waals surface area (Å²) in [6.45, 7) is 4.93. The molecule has 0 bridgehead atoms. The average molecular weight is 395 g/mol. The predicted octanol–water partition coefficient (Wildman–Crippen LogP) is 3.72. The number of sulfonamides is 1. The molecule has 0 spiro atoms. The fraction of sp³-hybridized carbons (Fsp3) is 0.467. The first kappa shape index (κ1) is 19.0. The average Bonchev–Trinajstić information content (AvgIpc) is 2.85. The molecule has 1 saturated heterocycles. The Hall–Kier alpha value is -0.370. The van der Waals surface area contributed by atoms with Crippen molar-refractivity contribution in [3.05, 3.63) is 28.6 Å². The monoisotopic (exact) mass is 394 g/mol. The maximum atomic E-state index is 13.0. The number of benzene rings is 1. The number of halogens is 2. The maximum Gasteiger partial charge on any atom is 0.244 e. The lowest BCUT2D eigenvalue weighted by atomic mass is 9.81. The molecule has 3 rings (SSSR count). The van der Waals surface area contributed by atoms with Crippen LogP contribution < -0.4 is 5.73 Å². The van der Waals surface area contributed by atoms with Crippen LogP contribution in [0.4, 0.5) is 0 Å². The van der Waals surface area contributed by atoms with Crippen molar-refractivity contribution in [1.82, 2.24) is 4.31 Å². The smallest absolute Gasteiger partial charge is 0.244 e. The highest BCUT2D eigenvalue weighted by atomic mass is 35.5. The maximum absolute atomic E-state index is 13.0. The summed E-state index contributed by atoms with van der Waals surface area (Å²) < 4.78 is 28.5. The lowest BCUT2D eigenvalue weighted by Crippen LogP contribution is -2.53. The molecule has 4 nitrogen and oxygen atoms in total. The standard InChI is InChI=1S/C15H19ClN2O2S2.ClH/c1-15(2)9-18(6-5-14(15)17)22(19,20)13-8-21-12-4-3-10(16)7-11(12)13;/h3-4,7-8,14H,5-6,9,17H2,1-2H3;1H. The van der Waals surface area contributed by atoms with Crippen molar-refractivity contribution in [2.45, 2.75) is 31.2 Å². The molecule has 2 N–H and O–H groups in total. The van der Waals surface area contributed by atoms with Crippen LogP contribution in [0.2, 0.25) is 5.02 Å². The lowest BCUT2D eigenvalue weighted by molar-refractivity contribution is 0.155. The molecule has 1 aliphatic heterocycles. The van der Waals surface area contributed by atoms with Crippen molar-refractivity contribution < 1.29 is 8.42 Å². The molecular weight excluding hydrogens is 375 g/mol. The first-order valence-electron chi connectivity index (χ1n) is 7.14. The highest BCUT2D eigenvalue weighted by molar-refractivity contribution is 7.89. The Labute approximate surface area is 152 Å².